The van der Waals surface area contributed by atoms with Gasteiger partial charge in [-0.2, -0.15) is 5.26 Å². The average molecular weight is 199 g/mol. The quantitative estimate of drug-likeness (QED) is 0.703. The summed E-state index contributed by atoms with van der Waals surface area (Å²) in [5, 5.41) is 17.2. The van der Waals surface area contributed by atoms with Crippen molar-refractivity contribution in [3.8, 4) is 17.9 Å². The van der Waals surface area contributed by atoms with E-state index >= 15 is 0 Å². The highest BCUT2D eigenvalue weighted by molar-refractivity contribution is 5.91. The molecule has 3 nitrogen and oxygen atoms in total. The summed E-state index contributed by atoms with van der Waals surface area (Å²) in [6.45, 7) is 1.79. The van der Waals surface area contributed by atoms with E-state index in [1.54, 1.807) is 19.1 Å². The molecule has 0 spiro atoms. The third-order valence-corrected chi connectivity index (χ3v) is 1.88. The molecular weight excluding hydrogens is 190 g/mol. The Hall–Kier alpha value is -2.26. The standard InChI is InChI=1S/C12H9NO2/c1-9-5-4-7-11(12(14)15)10(9)6-2-3-8-13/h4-5,7H,3H2,1H3,(H,14,15). The fraction of sp³-hybridized carbons (Fsp3) is 0.167. The Balaban J connectivity index is 3.22. The summed E-state index contributed by atoms with van der Waals surface area (Å²) in [6, 6.07) is 6.86. The molecule has 1 aromatic rings. The number of carboxylic acid groups (broad SMARTS) is 1. The normalized spacial score (nSPS) is 8.53. The monoisotopic (exact) mass is 199 g/mol. The Bertz CT molecular complexity index is 487. The smallest absolute Gasteiger partial charge is 0.336 e. The molecule has 0 aliphatic heterocycles. The molecule has 0 saturated heterocycles. The SMILES string of the molecule is Cc1cccc(C(=O)O)c1C#CCC#N. The fourth-order valence-electron chi connectivity index (χ4n) is 1.18. The van der Waals surface area contributed by atoms with Crippen LogP contribution in [0.2, 0.25) is 0 Å². The van der Waals surface area contributed by atoms with Gasteiger partial charge in [-0.05, 0) is 18.6 Å². The van der Waals surface area contributed by atoms with Crippen molar-refractivity contribution in [3.63, 3.8) is 0 Å². The Morgan fingerprint density at radius 1 is 1.53 bits per heavy atom. The van der Waals surface area contributed by atoms with E-state index in [2.05, 4.69) is 11.8 Å². The number of rotatable bonds is 1. The van der Waals surface area contributed by atoms with E-state index in [1.807, 2.05) is 6.07 Å². The maximum atomic E-state index is 10.9. The fourth-order valence-corrected chi connectivity index (χ4v) is 1.18. The Morgan fingerprint density at radius 2 is 2.27 bits per heavy atom. The minimum Gasteiger partial charge on any atom is -0.478 e. The van der Waals surface area contributed by atoms with Gasteiger partial charge >= 0.3 is 5.97 Å². The van der Waals surface area contributed by atoms with Crippen LogP contribution in [0.3, 0.4) is 0 Å². The summed E-state index contributed by atoms with van der Waals surface area (Å²) < 4.78 is 0. The number of aryl methyl sites for hydroxylation is 1. The van der Waals surface area contributed by atoms with Crippen LogP contribution in [0, 0.1) is 30.1 Å². The van der Waals surface area contributed by atoms with E-state index in [0.29, 0.717) is 5.56 Å². The number of hydrogen-bond acceptors (Lipinski definition) is 2. The maximum absolute atomic E-state index is 10.9. The molecule has 0 saturated carbocycles. The van der Waals surface area contributed by atoms with E-state index in [4.69, 9.17) is 10.4 Å². The van der Waals surface area contributed by atoms with E-state index < -0.39 is 5.97 Å². The summed E-state index contributed by atoms with van der Waals surface area (Å²) >= 11 is 0. The summed E-state index contributed by atoms with van der Waals surface area (Å²) in [6.07, 6.45) is 0.105. The third-order valence-electron chi connectivity index (χ3n) is 1.88. The molecular formula is C12H9NO2. The van der Waals surface area contributed by atoms with Gasteiger partial charge in [-0.3, -0.25) is 0 Å². The first-order valence-corrected chi connectivity index (χ1v) is 4.35. The van der Waals surface area contributed by atoms with Gasteiger partial charge in [0.1, 0.15) is 0 Å². The molecule has 1 N–H and O–H groups in total. The molecule has 0 unspecified atom stereocenters. The first-order valence-electron chi connectivity index (χ1n) is 4.35. The highest BCUT2D eigenvalue weighted by Gasteiger charge is 2.09. The van der Waals surface area contributed by atoms with E-state index in [1.165, 1.54) is 6.07 Å². The second kappa shape index (κ2) is 4.83. The van der Waals surface area contributed by atoms with Crippen molar-refractivity contribution in [1.29, 1.82) is 5.26 Å². The minimum atomic E-state index is -1.00. The van der Waals surface area contributed by atoms with Gasteiger partial charge in [-0.25, -0.2) is 4.79 Å². The first kappa shape index (κ1) is 10.8. The molecule has 74 valence electrons. The number of hydrogen-bond donors (Lipinski definition) is 1. The minimum absolute atomic E-state index is 0.105. The van der Waals surface area contributed by atoms with Gasteiger partial charge in [-0.15, -0.1) is 0 Å². The van der Waals surface area contributed by atoms with E-state index in [0.717, 1.165) is 5.56 Å². The van der Waals surface area contributed by atoms with Crippen molar-refractivity contribution >= 4 is 5.97 Å². The Morgan fingerprint density at radius 3 is 2.87 bits per heavy atom. The molecule has 0 fully saturated rings. The van der Waals surface area contributed by atoms with Gasteiger partial charge in [-0.1, -0.05) is 24.0 Å². The van der Waals surface area contributed by atoms with Crippen LogP contribution in [0.25, 0.3) is 0 Å². The van der Waals surface area contributed by atoms with Gasteiger partial charge in [0.05, 0.1) is 18.1 Å². The average Bonchev–Trinajstić information content (AvgIpc) is 2.20. The summed E-state index contributed by atoms with van der Waals surface area (Å²) in [7, 11) is 0. The lowest BCUT2D eigenvalue weighted by atomic mass is 10.0. The Kier molecular flexibility index (Phi) is 3.49. The molecule has 0 bridgehead atoms. The van der Waals surface area contributed by atoms with E-state index in [9.17, 15) is 4.79 Å². The van der Waals surface area contributed by atoms with Gasteiger partial charge < -0.3 is 5.11 Å². The molecule has 0 radical (unpaired) electrons. The third kappa shape index (κ3) is 2.59. The Labute approximate surface area is 88.0 Å². The van der Waals surface area contributed by atoms with Gasteiger partial charge in [0.25, 0.3) is 0 Å². The predicted molar refractivity (Wildman–Crippen MR) is 55.2 cm³/mol. The molecule has 15 heavy (non-hydrogen) atoms. The predicted octanol–water partition coefficient (Wildman–Crippen LogP) is 1.96. The first-order chi connectivity index (χ1) is 7.16. The van der Waals surface area contributed by atoms with Gasteiger partial charge in [0.2, 0.25) is 0 Å². The van der Waals surface area contributed by atoms with Crippen LogP contribution < -0.4 is 0 Å². The lowest BCUT2D eigenvalue weighted by Crippen LogP contribution is -2.01. The number of nitrogens with zero attached hydrogens (tertiary/aromatic N) is 1. The summed E-state index contributed by atoms with van der Waals surface area (Å²) in [4.78, 5) is 10.9. The zero-order valence-corrected chi connectivity index (χ0v) is 8.24. The number of carbonyl (C=O) groups is 1. The van der Waals surface area contributed by atoms with Crippen molar-refractivity contribution in [1.82, 2.24) is 0 Å². The highest BCUT2D eigenvalue weighted by atomic mass is 16.4. The lowest BCUT2D eigenvalue weighted by molar-refractivity contribution is 0.0696. The number of aromatic carboxylic acids is 1. The lowest BCUT2D eigenvalue weighted by Gasteiger charge is -2.01. The van der Waals surface area contributed by atoms with Crippen LogP contribution in [0.15, 0.2) is 18.2 Å². The molecule has 0 aromatic heterocycles. The van der Waals surface area contributed by atoms with Crippen molar-refractivity contribution in [2.24, 2.45) is 0 Å². The zero-order valence-electron chi connectivity index (χ0n) is 8.24. The molecule has 0 atom stereocenters. The summed E-state index contributed by atoms with van der Waals surface area (Å²) in [5.74, 6) is 4.32. The second-order valence-corrected chi connectivity index (χ2v) is 2.94. The van der Waals surface area contributed by atoms with Crippen molar-refractivity contribution in [2.75, 3.05) is 0 Å². The van der Waals surface area contributed by atoms with Crippen LogP contribution in [-0.2, 0) is 0 Å². The molecule has 0 heterocycles. The van der Waals surface area contributed by atoms with Crippen LogP contribution in [0.1, 0.15) is 27.9 Å². The molecule has 3 heteroatoms. The molecule has 1 aromatic carbocycles. The molecule has 0 amide bonds. The largest absolute Gasteiger partial charge is 0.478 e. The van der Waals surface area contributed by atoms with E-state index in [-0.39, 0.29) is 12.0 Å². The molecule has 0 aliphatic carbocycles. The van der Waals surface area contributed by atoms with Crippen LogP contribution >= 0.6 is 0 Å². The van der Waals surface area contributed by atoms with Crippen molar-refractivity contribution in [2.45, 2.75) is 13.3 Å². The number of carboxylic acids is 1. The van der Waals surface area contributed by atoms with Crippen molar-refractivity contribution < 1.29 is 9.90 Å². The topological polar surface area (TPSA) is 61.1 Å². The van der Waals surface area contributed by atoms with Crippen molar-refractivity contribution in [3.05, 3.63) is 34.9 Å². The summed E-state index contributed by atoms with van der Waals surface area (Å²) in [5.41, 5.74) is 1.47. The maximum Gasteiger partial charge on any atom is 0.336 e. The zero-order chi connectivity index (χ0) is 11.3. The highest BCUT2D eigenvalue weighted by Crippen LogP contribution is 2.12. The number of nitriles is 1. The van der Waals surface area contributed by atoms with Gasteiger partial charge in [0, 0.05) is 5.56 Å². The van der Waals surface area contributed by atoms with Crippen LogP contribution in [0.4, 0.5) is 0 Å². The molecule has 1 rings (SSSR count). The van der Waals surface area contributed by atoms with Crippen LogP contribution in [0.5, 0.6) is 0 Å². The molecule has 0 aliphatic rings. The van der Waals surface area contributed by atoms with Gasteiger partial charge in [0.15, 0.2) is 0 Å². The van der Waals surface area contributed by atoms with Crippen LogP contribution in [-0.4, -0.2) is 11.1 Å². The number of benzene rings is 1. The second-order valence-electron chi connectivity index (χ2n) is 2.94.